The zero-order chi connectivity index (χ0) is 27.7. The van der Waals surface area contributed by atoms with Crippen LogP contribution in [0.4, 0.5) is 0 Å². The summed E-state index contributed by atoms with van der Waals surface area (Å²) in [7, 11) is 1.54. The van der Waals surface area contributed by atoms with Crippen molar-refractivity contribution in [3.05, 3.63) is 28.9 Å². The largest absolute Gasteiger partial charge is 0.496 e. The zero-order valence-corrected chi connectivity index (χ0v) is 22.9. The summed E-state index contributed by atoms with van der Waals surface area (Å²) in [5.41, 5.74) is 6.51. The zero-order valence-electron chi connectivity index (χ0n) is 22.2. The number of aromatic nitrogens is 1. The maximum absolute atomic E-state index is 13.9. The molecule has 1 aromatic heterocycles. The van der Waals surface area contributed by atoms with Crippen LogP contribution in [-0.2, 0) is 14.4 Å². The fourth-order valence-corrected chi connectivity index (χ4v) is 6.84. The summed E-state index contributed by atoms with van der Waals surface area (Å²) in [6.07, 6.45) is 7.24. The third kappa shape index (κ3) is 5.57. The van der Waals surface area contributed by atoms with Gasteiger partial charge in [-0.15, -0.1) is 0 Å². The average molecular weight is 558 g/mol. The number of hydrogen-bond acceptors (Lipinski definition) is 5. The molecule has 210 valence electrons. The molecule has 10 nitrogen and oxygen atoms in total. The van der Waals surface area contributed by atoms with E-state index in [2.05, 4.69) is 15.6 Å². The van der Waals surface area contributed by atoms with E-state index in [9.17, 15) is 19.2 Å². The lowest BCUT2D eigenvalue weighted by atomic mass is 9.72. The number of nitrogens with one attached hydrogen (secondary N) is 3. The molecule has 2 aliphatic heterocycles. The summed E-state index contributed by atoms with van der Waals surface area (Å²) < 4.78 is 5.45. The number of carbonyl (C=O) groups is 4. The van der Waals surface area contributed by atoms with Crippen LogP contribution < -0.4 is 21.1 Å². The molecular weight excluding hydrogens is 522 g/mol. The van der Waals surface area contributed by atoms with Crippen molar-refractivity contribution in [3.8, 4) is 5.75 Å². The molecule has 1 aliphatic carbocycles. The van der Waals surface area contributed by atoms with Crippen molar-refractivity contribution in [1.82, 2.24) is 20.5 Å². The standard InChI is InChI=1S/C28H36ClN5O5/c1-39-23-12-17(29)11-19-18(23)13-21(32-19)27(38)34-15-28(7-3-2-4-8-28)14-22(34)26(37)33-20(24(30)35)10-16-6-5-9-31-25(16)36/h11-13,16,20,22,32H,2-10,14-15H2,1H3,(H2,30,35)(H,31,36)(H,33,37)/t16-,20-,22?/m0/s1. The van der Waals surface area contributed by atoms with E-state index in [1.54, 1.807) is 30.2 Å². The molecule has 3 atom stereocenters. The van der Waals surface area contributed by atoms with E-state index >= 15 is 0 Å². The summed E-state index contributed by atoms with van der Waals surface area (Å²) >= 11 is 6.22. The number of H-pyrrole nitrogens is 1. The van der Waals surface area contributed by atoms with E-state index in [1.165, 1.54) is 0 Å². The maximum atomic E-state index is 13.9. The molecule has 5 N–H and O–H groups in total. The van der Waals surface area contributed by atoms with E-state index in [1.807, 2.05) is 0 Å². The lowest BCUT2D eigenvalue weighted by Gasteiger charge is -2.32. The number of carbonyl (C=O) groups excluding carboxylic acids is 4. The van der Waals surface area contributed by atoms with E-state index in [4.69, 9.17) is 22.1 Å². The average Bonchev–Trinajstić information content (AvgIpc) is 3.51. The lowest BCUT2D eigenvalue weighted by molar-refractivity contribution is -0.132. The molecule has 1 spiro atoms. The molecule has 2 aromatic rings. The van der Waals surface area contributed by atoms with Gasteiger partial charge >= 0.3 is 0 Å². The number of likely N-dealkylation sites (tertiary alicyclic amines) is 1. The van der Waals surface area contributed by atoms with Crippen LogP contribution in [0, 0.1) is 11.3 Å². The third-order valence-corrected chi connectivity index (χ3v) is 8.90. The van der Waals surface area contributed by atoms with Crippen molar-refractivity contribution >= 4 is 46.1 Å². The second-order valence-corrected chi connectivity index (χ2v) is 11.7. The number of fused-ring (bicyclic) bond motifs is 1. The first kappa shape index (κ1) is 27.3. The van der Waals surface area contributed by atoms with Gasteiger partial charge in [-0.1, -0.05) is 30.9 Å². The second-order valence-electron chi connectivity index (χ2n) is 11.3. The van der Waals surface area contributed by atoms with Crippen LogP contribution in [0.1, 0.15) is 68.3 Å². The highest BCUT2D eigenvalue weighted by molar-refractivity contribution is 6.31. The van der Waals surface area contributed by atoms with Gasteiger partial charge in [0, 0.05) is 29.4 Å². The summed E-state index contributed by atoms with van der Waals surface area (Å²) in [5, 5.41) is 6.81. The normalized spacial score (nSPS) is 23.4. The van der Waals surface area contributed by atoms with Gasteiger partial charge in [-0.3, -0.25) is 19.2 Å². The fraction of sp³-hybridized carbons (Fsp3) is 0.571. The van der Waals surface area contributed by atoms with E-state index in [0.717, 1.165) is 43.9 Å². The van der Waals surface area contributed by atoms with Crippen molar-refractivity contribution < 1.29 is 23.9 Å². The number of nitrogens with two attached hydrogens (primary N) is 1. The first-order valence-electron chi connectivity index (χ1n) is 13.7. The number of primary amides is 1. The molecule has 39 heavy (non-hydrogen) atoms. The molecule has 11 heteroatoms. The fourth-order valence-electron chi connectivity index (χ4n) is 6.64. The Labute approximate surface area is 232 Å². The molecule has 3 heterocycles. The highest BCUT2D eigenvalue weighted by atomic mass is 35.5. The molecule has 1 unspecified atom stereocenters. The minimum atomic E-state index is -0.995. The summed E-state index contributed by atoms with van der Waals surface area (Å²) in [6, 6.07) is 3.39. The first-order chi connectivity index (χ1) is 18.7. The van der Waals surface area contributed by atoms with Gasteiger partial charge in [0.25, 0.3) is 5.91 Å². The highest BCUT2D eigenvalue weighted by Gasteiger charge is 2.49. The van der Waals surface area contributed by atoms with Gasteiger partial charge in [-0.2, -0.15) is 0 Å². The summed E-state index contributed by atoms with van der Waals surface area (Å²) in [6.45, 7) is 1.07. The molecule has 2 saturated heterocycles. The van der Waals surface area contributed by atoms with Gasteiger partial charge in [-0.25, -0.2) is 0 Å². The van der Waals surface area contributed by atoms with Crippen LogP contribution in [0.25, 0.3) is 10.9 Å². The Morgan fingerprint density at radius 3 is 2.67 bits per heavy atom. The number of benzene rings is 1. The first-order valence-corrected chi connectivity index (χ1v) is 14.1. The number of nitrogens with zero attached hydrogens (tertiary/aromatic N) is 1. The van der Waals surface area contributed by atoms with Gasteiger partial charge in [0.05, 0.1) is 12.6 Å². The minimum Gasteiger partial charge on any atom is -0.496 e. The topological polar surface area (TPSA) is 147 Å². The highest BCUT2D eigenvalue weighted by Crippen LogP contribution is 2.47. The molecule has 4 amide bonds. The van der Waals surface area contributed by atoms with Crippen molar-refractivity contribution in [2.45, 2.75) is 69.9 Å². The Balaban J connectivity index is 1.40. The van der Waals surface area contributed by atoms with Crippen LogP contribution in [0.5, 0.6) is 5.75 Å². The summed E-state index contributed by atoms with van der Waals surface area (Å²) in [4.78, 5) is 57.0. The number of halogens is 1. The predicted molar refractivity (Wildman–Crippen MR) is 146 cm³/mol. The second kappa shape index (κ2) is 11.1. The molecule has 5 rings (SSSR count). The Morgan fingerprint density at radius 1 is 1.21 bits per heavy atom. The molecular formula is C28H36ClN5O5. The number of piperidine rings is 1. The van der Waals surface area contributed by atoms with Gasteiger partial charge in [0.15, 0.2) is 0 Å². The Hall–Kier alpha value is -3.27. The smallest absolute Gasteiger partial charge is 0.271 e. The molecule has 1 saturated carbocycles. The molecule has 3 aliphatic rings. The van der Waals surface area contributed by atoms with Crippen LogP contribution >= 0.6 is 11.6 Å². The summed E-state index contributed by atoms with van der Waals surface area (Å²) in [5.74, 6) is -1.38. The third-order valence-electron chi connectivity index (χ3n) is 8.68. The minimum absolute atomic E-state index is 0.130. The van der Waals surface area contributed by atoms with Gasteiger partial charge in [0.1, 0.15) is 23.5 Å². The van der Waals surface area contributed by atoms with Gasteiger partial charge in [-0.05, 0) is 62.1 Å². The van der Waals surface area contributed by atoms with Crippen molar-refractivity contribution in [2.24, 2.45) is 17.1 Å². The van der Waals surface area contributed by atoms with Crippen LogP contribution in [-0.4, -0.2) is 65.8 Å². The van der Waals surface area contributed by atoms with Crippen LogP contribution in [0.15, 0.2) is 18.2 Å². The lowest BCUT2D eigenvalue weighted by Crippen LogP contribution is -2.53. The van der Waals surface area contributed by atoms with Crippen molar-refractivity contribution in [1.29, 1.82) is 0 Å². The van der Waals surface area contributed by atoms with Crippen LogP contribution in [0.3, 0.4) is 0 Å². The number of hydrogen-bond donors (Lipinski definition) is 4. The number of methoxy groups -OCH3 is 1. The molecule has 3 fully saturated rings. The maximum Gasteiger partial charge on any atom is 0.271 e. The quantitative estimate of drug-likeness (QED) is 0.413. The number of ether oxygens (including phenoxy) is 1. The Kier molecular flexibility index (Phi) is 7.75. The number of aromatic amines is 1. The van der Waals surface area contributed by atoms with Crippen molar-refractivity contribution in [2.75, 3.05) is 20.2 Å². The Morgan fingerprint density at radius 2 is 1.97 bits per heavy atom. The molecule has 0 radical (unpaired) electrons. The van der Waals surface area contributed by atoms with Crippen molar-refractivity contribution in [3.63, 3.8) is 0 Å². The van der Waals surface area contributed by atoms with Gasteiger partial charge < -0.3 is 31.0 Å². The van der Waals surface area contributed by atoms with E-state index in [0.29, 0.717) is 47.9 Å². The predicted octanol–water partition coefficient (Wildman–Crippen LogP) is 2.88. The Bertz CT molecular complexity index is 1290. The van der Waals surface area contributed by atoms with Crippen LogP contribution in [0.2, 0.25) is 5.02 Å². The van der Waals surface area contributed by atoms with E-state index in [-0.39, 0.29) is 23.7 Å². The number of amides is 4. The SMILES string of the molecule is COc1cc(Cl)cc2[nH]c(C(=O)N3CC4(CCCCC4)CC3C(=O)N[C@@H](C[C@@H]3CCCNC3=O)C(N)=O)cc12. The number of rotatable bonds is 7. The molecule has 0 bridgehead atoms. The monoisotopic (exact) mass is 557 g/mol. The molecule has 1 aromatic carbocycles. The van der Waals surface area contributed by atoms with Gasteiger partial charge in [0.2, 0.25) is 17.7 Å². The van der Waals surface area contributed by atoms with E-state index < -0.39 is 29.8 Å².